The Bertz CT molecular complexity index is 1130. The molecule has 0 saturated carbocycles. The lowest BCUT2D eigenvalue weighted by atomic mass is 9.89. The highest BCUT2D eigenvalue weighted by Crippen LogP contribution is 2.46. The van der Waals surface area contributed by atoms with Crippen LogP contribution in [0.3, 0.4) is 0 Å². The van der Waals surface area contributed by atoms with Crippen LogP contribution in [0.4, 0.5) is 11.4 Å². The predicted octanol–water partition coefficient (Wildman–Crippen LogP) is 6.57. The van der Waals surface area contributed by atoms with Crippen molar-refractivity contribution in [1.29, 1.82) is 0 Å². The van der Waals surface area contributed by atoms with E-state index in [2.05, 4.69) is 4.90 Å². The molecule has 1 heterocycles. The smallest absolute Gasteiger partial charge is 0.288 e. The highest BCUT2D eigenvalue weighted by Gasteiger charge is 2.40. The monoisotopic (exact) mass is 473 g/mol. The van der Waals surface area contributed by atoms with Crippen molar-refractivity contribution < 1.29 is 9.85 Å². The number of allylic oxidation sites excluding steroid dienone is 2. The Morgan fingerprint density at radius 2 is 1.72 bits per heavy atom. The molecule has 0 aromatic heterocycles. The number of rotatable bonds is 5. The lowest BCUT2D eigenvalue weighted by molar-refractivity contribution is -0.420. The highest BCUT2D eigenvalue weighted by atomic mass is 35.5. The second kappa shape index (κ2) is 8.92. The van der Waals surface area contributed by atoms with Crippen LogP contribution >= 0.6 is 23.2 Å². The Morgan fingerprint density at radius 3 is 2.38 bits per heavy atom. The molecule has 1 fully saturated rings. The van der Waals surface area contributed by atoms with E-state index in [-0.39, 0.29) is 39.4 Å². The second-order valence-electron chi connectivity index (χ2n) is 8.13. The van der Waals surface area contributed by atoms with Gasteiger partial charge >= 0.3 is 0 Å². The van der Waals surface area contributed by atoms with E-state index < -0.39 is 9.85 Å². The number of halogens is 2. The van der Waals surface area contributed by atoms with Crippen molar-refractivity contribution in [3.8, 4) is 0 Å². The summed E-state index contributed by atoms with van der Waals surface area (Å²) in [5.74, 6) is -0.105. The first kappa shape index (κ1) is 22.3. The topological polar surface area (TPSA) is 89.5 Å². The van der Waals surface area contributed by atoms with Gasteiger partial charge in [-0.05, 0) is 49.9 Å². The number of nitro benzene ring substituents is 1. The first-order chi connectivity index (χ1) is 15.3. The standard InChI is InChI=1S/C23H21Cl2N3O4/c1-14-2-6-17(7-3-14)26-20(15-4-8-18(24)22(12-15)27(29)30)10-11-21(26)16-5-9-19(25)23(13-16)28(31)32/h2-4,6-9,12-13,16,20-21H,5,10-11H2,1H3. The maximum atomic E-state index is 11.5. The van der Waals surface area contributed by atoms with Crippen LogP contribution in [0, 0.1) is 33.1 Å². The van der Waals surface area contributed by atoms with Crippen molar-refractivity contribution in [2.75, 3.05) is 4.90 Å². The van der Waals surface area contributed by atoms with Crippen molar-refractivity contribution >= 4 is 34.6 Å². The molecular weight excluding hydrogens is 453 g/mol. The van der Waals surface area contributed by atoms with Crippen LogP contribution in [0.1, 0.15) is 36.4 Å². The molecule has 2 aromatic rings. The molecule has 2 aromatic carbocycles. The molecule has 0 radical (unpaired) electrons. The number of anilines is 1. The van der Waals surface area contributed by atoms with E-state index in [9.17, 15) is 20.2 Å². The van der Waals surface area contributed by atoms with Crippen LogP contribution in [0.5, 0.6) is 0 Å². The minimum Gasteiger partial charge on any atom is -0.361 e. The molecule has 1 saturated heterocycles. The molecule has 2 aliphatic rings. The van der Waals surface area contributed by atoms with Gasteiger partial charge in [-0.1, -0.05) is 53.0 Å². The summed E-state index contributed by atoms with van der Waals surface area (Å²) in [6.45, 7) is 2.01. The quantitative estimate of drug-likeness (QED) is 0.361. The minimum atomic E-state index is -0.478. The van der Waals surface area contributed by atoms with E-state index in [1.807, 2.05) is 37.3 Å². The van der Waals surface area contributed by atoms with Crippen LogP contribution in [0.15, 0.2) is 65.3 Å². The lowest BCUT2D eigenvalue weighted by Crippen LogP contribution is -2.37. The third-order valence-corrected chi connectivity index (χ3v) is 6.86. The van der Waals surface area contributed by atoms with Crippen LogP contribution < -0.4 is 4.90 Å². The summed E-state index contributed by atoms with van der Waals surface area (Å²) in [6.07, 6.45) is 5.50. The Balaban J connectivity index is 1.76. The molecule has 7 nitrogen and oxygen atoms in total. The first-order valence-electron chi connectivity index (χ1n) is 10.3. The van der Waals surface area contributed by atoms with E-state index in [1.54, 1.807) is 18.2 Å². The molecule has 0 spiro atoms. The lowest BCUT2D eigenvalue weighted by Gasteiger charge is -2.36. The van der Waals surface area contributed by atoms with Gasteiger partial charge < -0.3 is 4.90 Å². The third kappa shape index (κ3) is 4.23. The van der Waals surface area contributed by atoms with Crippen molar-refractivity contribution in [2.24, 2.45) is 5.92 Å². The Labute approximate surface area is 195 Å². The summed E-state index contributed by atoms with van der Waals surface area (Å²) in [5.41, 5.74) is 2.69. The van der Waals surface area contributed by atoms with Gasteiger partial charge in [0, 0.05) is 29.8 Å². The predicted molar refractivity (Wildman–Crippen MR) is 125 cm³/mol. The normalized spacial score (nSPS) is 23.0. The fourth-order valence-electron chi connectivity index (χ4n) is 4.66. The molecule has 0 bridgehead atoms. The number of hydrogen-bond acceptors (Lipinski definition) is 5. The van der Waals surface area contributed by atoms with Gasteiger partial charge in [-0.2, -0.15) is 0 Å². The van der Waals surface area contributed by atoms with E-state index in [1.165, 1.54) is 6.07 Å². The number of aryl methyl sites for hydroxylation is 1. The zero-order chi connectivity index (χ0) is 23.0. The largest absolute Gasteiger partial charge is 0.361 e. The van der Waals surface area contributed by atoms with Crippen molar-refractivity contribution in [3.63, 3.8) is 0 Å². The highest BCUT2D eigenvalue weighted by molar-refractivity contribution is 6.32. The summed E-state index contributed by atoms with van der Waals surface area (Å²) >= 11 is 12.1. The Hall–Kier alpha value is -2.90. The molecule has 9 heteroatoms. The summed E-state index contributed by atoms with van der Waals surface area (Å²) in [6, 6.07) is 12.9. The average Bonchev–Trinajstić information content (AvgIpc) is 3.19. The molecule has 4 rings (SSSR count). The number of nitrogens with zero attached hydrogens (tertiary/aromatic N) is 3. The van der Waals surface area contributed by atoms with Crippen LogP contribution in [-0.2, 0) is 0 Å². The molecule has 1 aliphatic carbocycles. The van der Waals surface area contributed by atoms with E-state index in [0.29, 0.717) is 6.42 Å². The maximum Gasteiger partial charge on any atom is 0.288 e. The van der Waals surface area contributed by atoms with Gasteiger partial charge in [-0.3, -0.25) is 20.2 Å². The molecular formula is C23H21Cl2N3O4. The maximum absolute atomic E-state index is 11.5. The van der Waals surface area contributed by atoms with Crippen LogP contribution in [0.2, 0.25) is 5.02 Å². The third-order valence-electron chi connectivity index (χ3n) is 6.19. The average molecular weight is 474 g/mol. The van der Waals surface area contributed by atoms with Crippen molar-refractivity contribution in [1.82, 2.24) is 0 Å². The van der Waals surface area contributed by atoms with E-state index >= 15 is 0 Å². The second-order valence-corrected chi connectivity index (χ2v) is 8.95. The fraction of sp³-hybridized carbons (Fsp3) is 0.304. The number of benzene rings is 2. The summed E-state index contributed by atoms with van der Waals surface area (Å²) in [5, 5.41) is 23.2. The van der Waals surface area contributed by atoms with Gasteiger partial charge in [0.05, 0.1) is 15.9 Å². The Morgan fingerprint density at radius 1 is 1.00 bits per heavy atom. The van der Waals surface area contributed by atoms with Gasteiger partial charge in [-0.25, -0.2) is 0 Å². The zero-order valence-electron chi connectivity index (χ0n) is 17.3. The van der Waals surface area contributed by atoms with Gasteiger partial charge in [0.25, 0.3) is 11.4 Å². The van der Waals surface area contributed by atoms with E-state index in [4.69, 9.17) is 23.2 Å². The minimum absolute atomic E-state index is 0.0200. The summed E-state index contributed by atoms with van der Waals surface area (Å²) in [4.78, 5) is 24.2. The number of hydrogen-bond donors (Lipinski definition) is 0. The first-order valence-corrected chi connectivity index (χ1v) is 11.0. The van der Waals surface area contributed by atoms with Crippen molar-refractivity contribution in [3.05, 3.63) is 102 Å². The summed E-state index contributed by atoms with van der Waals surface area (Å²) in [7, 11) is 0. The van der Waals surface area contributed by atoms with E-state index in [0.717, 1.165) is 29.7 Å². The molecule has 3 atom stereocenters. The van der Waals surface area contributed by atoms with Crippen molar-refractivity contribution in [2.45, 2.75) is 38.3 Å². The number of nitro groups is 2. The van der Waals surface area contributed by atoms with Gasteiger partial charge in [0.1, 0.15) is 10.1 Å². The van der Waals surface area contributed by atoms with Gasteiger partial charge in [0.15, 0.2) is 0 Å². The van der Waals surface area contributed by atoms with Crippen LogP contribution in [-0.4, -0.2) is 15.9 Å². The molecule has 1 aliphatic heterocycles. The molecule has 0 amide bonds. The summed E-state index contributed by atoms with van der Waals surface area (Å²) < 4.78 is 0. The zero-order valence-corrected chi connectivity index (χ0v) is 18.8. The van der Waals surface area contributed by atoms with Gasteiger partial charge in [-0.15, -0.1) is 0 Å². The van der Waals surface area contributed by atoms with Gasteiger partial charge in [0.2, 0.25) is 0 Å². The SMILES string of the molecule is Cc1ccc(N2C(c3ccc(Cl)c([N+](=O)[O-])c3)CCC2C2C=C([N+](=O)[O-])C(Cl)=CC2)cc1. The molecule has 166 valence electrons. The molecule has 32 heavy (non-hydrogen) atoms. The Kier molecular flexibility index (Phi) is 6.22. The fourth-order valence-corrected chi connectivity index (χ4v) is 5.07. The molecule has 0 N–H and O–H groups in total. The molecule has 3 unspecified atom stereocenters. The van der Waals surface area contributed by atoms with Crippen LogP contribution in [0.25, 0.3) is 0 Å².